The maximum absolute atomic E-state index is 11.9. The van der Waals surface area contributed by atoms with Gasteiger partial charge in [-0.3, -0.25) is 9.78 Å². The molecule has 0 bridgehead atoms. The fraction of sp³-hybridized carbons (Fsp3) is 0.571. The van der Waals surface area contributed by atoms with Crippen molar-refractivity contribution >= 4 is 11.6 Å². The lowest BCUT2D eigenvalue weighted by Crippen LogP contribution is -2.47. The van der Waals surface area contributed by atoms with Crippen LogP contribution in [0.5, 0.6) is 0 Å². The van der Waals surface area contributed by atoms with Crippen LogP contribution in [-0.2, 0) is 11.2 Å². The zero-order chi connectivity index (χ0) is 12.4. The fourth-order valence-electron chi connectivity index (χ4n) is 2.83. The predicted octanol–water partition coefficient (Wildman–Crippen LogP) is 2.80. The smallest absolute Gasteiger partial charge is 0.224 e. The van der Waals surface area contributed by atoms with Crippen LogP contribution < -0.4 is 4.90 Å². The molecule has 0 spiro atoms. The van der Waals surface area contributed by atoms with E-state index in [1.165, 1.54) is 5.56 Å². The summed E-state index contributed by atoms with van der Waals surface area (Å²) in [4.78, 5) is 18.0. The lowest BCUT2D eigenvalue weighted by atomic mass is 9.85. The molecule has 1 amide bonds. The van der Waals surface area contributed by atoms with Crippen molar-refractivity contribution in [3.63, 3.8) is 0 Å². The first-order valence-electron chi connectivity index (χ1n) is 6.37. The highest BCUT2D eigenvalue weighted by Gasteiger charge is 2.33. The van der Waals surface area contributed by atoms with Crippen LogP contribution in [0.1, 0.15) is 39.2 Å². The molecule has 17 heavy (non-hydrogen) atoms. The molecule has 3 heteroatoms. The summed E-state index contributed by atoms with van der Waals surface area (Å²) >= 11 is 0. The van der Waals surface area contributed by atoms with E-state index in [4.69, 9.17) is 0 Å². The summed E-state index contributed by atoms with van der Waals surface area (Å²) in [6.45, 7) is 6.06. The van der Waals surface area contributed by atoms with Gasteiger partial charge in [-0.15, -0.1) is 0 Å². The highest BCUT2D eigenvalue weighted by molar-refractivity contribution is 5.93. The third-order valence-electron chi connectivity index (χ3n) is 3.60. The highest BCUT2D eigenvalue weighted by atomic mass is 16.2. The standard InChI is InChI=1S/C14H20N2O/c1-4-5-13-10(2)8-12-6-7-15-9-14(12)16(13)11(3)17/h6-7,9-10,13H,4-5,8H2,1-3H3/t10-,13+/m1/s1. The Morgan fingerprint density at radius 3 is 3.00 bits per heavy atom. The van der Waals surface area contributed by atoms with E-state index in [0.717, 1.165) is 24.9 Å². The van der Waals surface area contributed by atoms with Gasteiger partial charge in [0.15, 0.2) is 0 Å². The lowest BCUT2D eigenvalue weighted by molar-refractivity contribution is -0.117. The monoisotopic (exact) mass is 232 g/mol. The van der Waals surface area contributed by atoms with Gasteiger partial charge in [-0.1, -0.05) is 20.3 Å². The number of hydrogen-bond donors (Lipinski definition) is 0. The molecule has 1 aliphatic rings. The predicted molar refractivity (Wildman–Crippen MR) is 69.0 cm³/mol. The minimum Gasteiger partial charge on any atom is -0.308 e. The second-order valence-electron chi connectivity index (χ2n) is 4.93. The minimum atomic E-state index is 0.129. The first-order valence-corrected chi connectivity index (χ1v) is 6.37. The van der Waals surface area contributed by atoms with E-state index >= 15 is 0 Å². The molecule has 0 saturated carbocycles. The summed E-state index contributed by atoms with van der Waals surface area (Å²) in [5.74, 6) is 0.651. The Balaban J connectivity index is 2.42. The van der Waals surface area contributed by atoms with Gasteiger partial charge in [0.2, 0.25) is 5.91 Å². The molecule has 0 aromatic carbocycles. The van der Waals surface area contributed by atoms with Crippen molar-refractivity contribution in [2.45, 2.75) is 46.1 Å². The van der Waals surface area contributed by atoms with Crippen LogP contribution >= 0.6 is 0 Å². The van der Waals surface area contributed by atoms with Gasteiger partial charge in [0.25, 0.3) is 0 Å². The van der Waals surface area contributed by atoms with Crippen molar-refractivity contribution in [3.8, 4) is 0 Å². The van der Waals surface area contributed by atoms with Crippen LogP contribution in [-0.4, -0.2) is 16.9 Å². The molecule has 0 saturated heterocycles. The maximum atomic E-state index is 11.9. The van der Waals surface area contributed by atoms with Crippen LogP contribution in [0, 0.1) is 5.92 Å². The molecule has 0 unspecified atom stereocenters. The molecule has 0 fully saturated rings. The molecule has 1 aromatic heterocycles. The summed E-state index contributed by atoms with van der Waals surface area (Å²) in [6.07, 6.45) is 6.85. The van der Waals surface area contributed by atoms with E-state index in [0.29, 0.717) is 12.0 Å². The number of hydrogen-bond acceptors (Lipinski definition) is 2. The molecule has 1 aromatic rings. The van der Waals surface area contributed by atoms with Crippen molar-refractivity contribution in [1.29, 1.82) is 0 Å². The van der Waals surface area contributed by atoms with Gasteiger partial charge in [0, 0.05) is 19.2 Å². The van der Waals surface area contributed by atoms with Gasteiger partial charge in [0.1, 0.15) is 0 Å². The van der Waals surface area contributed by atoms with Crippen molar-refractivity contribution < 1.29 is 4.79 Å². The number of rotatable bonds is 2. The molecule has 0 aliphatic carbocycles. The quantitative estimate of drug-likeness (QED) is 0.785. The van der Waals surface area contributed by atoms with Crippen LogP contribution in [0.4, 0.5) is 5.69 Å². The van der Waals surface area contributed by atoms with Crippen LogP contribution in [0.2, 0.25) is 0 Å². The molecular formula is C14H20N2O. The van der Waals surface area contributed by atoms with Crippen molar-refractivity contribution in [1.82, 2.24) is 4.98 Å². The van der Waals surface area contributed by atoms with E-state index < -0.39 is 0 Å². The molecule has 3 nitrogen and oxygen atoms in total. The Labute approximate surface area is 103 Å². The Hall–Kier alpha value is -1.38. The SMILES string of the molecule is CCC[C@H]1[C@H](C)Cc2ccncc2N1C(C)=O. The zero-order valence-electron chi connectivity index (χ0n) is 10.8. The number of aromatic nitrogens is 1. The average molecular weight is 232 g/mol. The Morgan fingerprint density at radius 2 is 2.35 bits per heavy atom. The first kappa shape index (κ1) is 12.1. The molecule has 2 rings (SSSR count). The van der Waals surface area contributed by atoms with Gasteiger partial charge in [-0.05, 0) is 30.4 Å². The normalized spacial score (nSPS) is 23.4. The highest BCUT2D eigenvalue weighted by Crippen LogP contribution is 2.34. The number of carbonyl (C=O) groups is 1. The van der Waals surface area contributed by atoms with E-state index in [1.807, 2.05) is 23.4 Å². The van der Waals surface area contributed by atoms with Gasteiger partial charge < -0.3 is 4.90 Å². The molecule has 0 N–H and O–H groups in total. The van der Waals surface area contributed by atoms with E-state index in [-0.39, 0.29) is 5.91 Å². The summed E-state index contributed by atoms with van der Waals surface area (Å²) < 4.78 is 0. The van der Waals surface area contributed by atoms with Gasteiger partial charge in [-0.2, -0.15) is 0 Å². The Morgan fingerprint density at radius 1 is 1.59 bits per heavy atom. The van der Waals surface area contributed by atoms with Crippen molar-refractivity contribution in [2.75, 3.05) is 4.90 Å². The molecule has 2 atom stereocenters. The summed E-state index contributed by atoms with van der Waals surface area (Å²) in [5.41, 5.74) is 2.26. The number of fused-ring (bicyclic) bond motifs is 1. The average Bonchev–Trinajstić information content (AvgIpc) is 2.29. The number of nitrogens with zero attached hydrogens (tertiary/aromatic N) is 2. The first-order chi connectivity index (χ1) is 8.15. The third-order valence-corrected chi connectivity index (χ3v) is 3.60. The van der Waals surface area contributed by atoms with Crippen molar-refractivity contribution in [3.05, 3.63) is 24.0 Å². The zero-order valence-corrected chi connectivity index (χ0v) is 10.8. The molecule has 92 valence electrons. The minimum absolute atomic E-state index is 0.129. The van der Waals surface area contributed by atoms with Gasteiger partial charge in [0.05, 0.1) is 11.9 Å². The summed E-state index contributed by atoms with van der Waals surface area (Å²) in [6, 6.07) is 2.36. The molecule has 2 heterocycles. The molecular weight excluding hydrogens is 212 g/mol. The number of carbonyl (C=O) groups excluding carboxylic acids is 1. The van der Waals surface area contributed by atoms with E-state index in [1.54, 1.807) is 6.92 Å². The van der Waals surface area contributed by atoms with Crippen LogP contribution in [0.15, 0.2) is 18.5 Å². The Kier molecular flexibility index (Phi) is 3.46. The lowest BCUT2D eigenvalue weighted by Gasteiger charge is -2.40. The van der Waals surface area contributed by atoms with Crippen molar-refractivity contribution in [2.24, 2.45) is 5.92 Å². The number of amides is 1. The fourth-order valence-corrected chi connectivity index (χ4v) is 2.83. The third kappa shape index (κ3) is 2.19. The van der Waals surface area contributed by atoms with Gasteiger partial charge in [-0.25, -0.2) is 0 Å². The Bertz CT molecular complexity index is 416. The number of anilines is 1. The number of pyridine rings is 1. The van der Waals surface area contributed by atoms with Crippen LogP contribution in [0.3, 0.4) is 0 Å². The van der Waals surface area contributed by atoms with E-state index in [9.17, 15) is 4.79 Å². The van der Waals surface area contributed by atoms with E-state index in [2.05, 4.69) is 18.8 Å². The van der Waals surface area contributed by atoms with Gasteiger partial charge >= 0.3 is 0 Å². The van der Waals surface area contributed by atoms with Crippen LogP contribution in [0.25, 0.3) is 0 Å². The maximum Gasteiger partial charge on any atom is 0.224 e. The summed E-state index contributed by atoms with van der Waals surface area (Å²) in [5, 5.41) is 0. The topological polar surface area (TPSA) is 33.2 Å². The second kappa shape index (κ2) is 4.86. The molecule has 1 aliphatic heterocycles. The summed E-state index contributed by atoms with van der Waals surface area (Å²) in [7, 11) is 0. The molecule has 0 radical (unpaired) electrons. The largest absolute Gasteiger partial charge is 0.308 e. The second-order valence-corrected chi connectivity index (χ2v) is 4.93.